The molecule has 82 valence electrons. The Balaban J connectivity index is 2.09. The van der Waals surface area contributed by atoms with Gasteiger partial charge in [-0.2, -0.15) is 0 Å². The number of hydrogen-bond donors (Lipinski definition) is 1. The minimum Gasteiger partial charge on any atom is -0.486 e. The van der Waals surface area contributed by atoms with Crippen LogP contribution in [0.2, 0.25) is 0 Å². The van der Waals surface area contributed by atoms with Gasteiger partial charge in [0.25, 0.3) is 0 Å². The highest BCUT2D eigenvalue weighted by molar-refractivity contribution is 5.38. The summed E-state index contributed by atoms with van der Waals surface area (Å²) >= 11 is 0. The zero-order valence-corrected chi connectivity index (χ0v) is 8.56. The van der Waals surface area contributed by atoms with Crippen LogP contribution < -0.4 is 10.5 Å². The fourth-order valence-electron chi connectivity index (χ4n) is 1.29. The van der Waals surface area contributed by atoms with E-state index in [1.165, 1.54) is 6.07 Å². The van der Waals surface area contributed by atoms with Crippen molar-refractivity contribution in [3.05, 3.63) is 54.0 Å². The Morgan fingerprint density at radius 3 is 2.75 bits per heavy atom. The van der Waals surface area contributed by atoms with Gasteiger partial charge in [0.15, 0.2) is 11.6 Å². The summed E-state index contributed by atoms with van der Waals surface area (Å²) in [6.07, 6.45) is 1.60. The number of benzene rings is 1. The van der Waals surface area contributed by atoms with Gasteiger partial charge in [0.1, 0.15) is 12.4 Å². The van der Waals surface area contributed by atoms with E-state index in [1.54, 1.807) is 36.5 Å². The molecule has 0 unspecified atom stereocenters. The molecular weight excluding hydrogens is 207 g/mol. The van der Waals surface area contributed by atoms with Crippen LogP contribution in [-0.4, -0.2) is 4.98 Å². The van der Waals surface area contributed by atoms with Crippen LogP contribution in [0.3, 0.4) is 0 Å². The smallest absolute Gasteiger partial charge is 0.165 e. The van der Waals surface area contributed by atoms with Gasteiger partial charge in [-0.25, -0.2) is 9.37 Å². The van der Waals surface area contributed by atoms with Crippen LogP contribution in [0.15, 0.2) is 42.6 Å². The van der Waals surface area contributed by atoms with Crippen molar-refractivity contribution in [1.29, 1.82) is 0 Å². The first-order chi connectivity index (χ1) is 7.77. The van der Waals surface area contributed by atoms with Crippen molar-refractivity contribution in [3.8, 4) is 5.75 Å². The van der Waals surface area contributed by atoms with E-state index in [2.05, 4.69) is 4.98 Å². The molecule has 2 aromatic rings. The third-order valence-corrected chi connectivity index (χ3v) is 2.15. The molecule has 0 spiro atoms. The molecule has 1 heterocycles. The molecule has 0 aliphatic heterocycles. The van der Waals surface area contributed by atoms with Gasteiger partial charge in [-0.3, -0.25) is 0 Å². The van der Waals surface area contributed by atoms with E-state index in [-0.39, 0.29) is 18.2 Å². The quantitative estimate of drug-likeness (QED) is 0.860. The van der Waals surface area contributed by atoms with E-state index in [0.29, 0.717) is 5.82 Å². The van der Waals surface area contributed by atoms with Gasteiger partial charge in [0.05, 0.1) is 0 Å². The molecule has 2 rings (SSSR count). The Kier molecular flexibility index (Phi) is 3.00. The summed E-state index contributed by atoms with van der Waals surface area (Å²) in [5.41, 5.74) is 6.38. The lowest BCUT2D eigenvalue weighted by molar-refractivity contribution is 0.290. The van der Waals surface area contributed by atoms with Crippen LogP contribution in [0.4, 0.5) is 10.2 Å². The van der Waals surface area contributed by atoms with Gasteiger partial charge in [-0.05, 0) is 18.2 Å². The molecule has 0 aliphatic rings. The lowest BCUT2D eigenvalue weighted by Gasteiger charge is -2.08. The van der Waals surface area contributed by atoms with Crippen LogP contribution in [0.25, 0.3) is 0 Å². The molecule has 0 amide bonds. The summed E-state index contributed by atoms with van der Waals surface area (Å²) in [6, 6.07) is 9.80. The molecule has 3 nitrogen and oxygen atoms in total. The van der Waals surface area contributed by atoms with Crippen LogP contribution in [0.5, 0.6) is 5.75 Å². The van der Waals surface area contributed by atoms with Crippen molar-refractivity contribution in [3.63, 3.8) is 0 Å². The third-order valence-electron chi connectivity index (χ3n) is 2.15. The Bertz CT molecular complexity index is 442. The molecule has 0 saturated carbocycles. The summed E-state index contributed by atoms with van der Waals surface area (Å²) in [5.74, 6) is 0.231. The molecule has 1 aromatic heterocycles. The zero-order valence-electron chi connectivity index (χ0n) is 8.56. The Hall–Kier alpha value is -2.10. The predicted octanol–water partition coefficient (Wildman–Crippen LogP) is 2.38. The molecule has 0 bridgehead atoms. The number of nitrogens with two attached hydrogens (primary N) is 1. The highest BCUT2D eigenvalue weighted by Crippen LogP contribution is 2.18. The van der Waals surface area contributed by atoms with Crippen molar-refractivity contribution in [1.82, 2.24) is 4.98 Å². The Morgan fingerprint density at radius 2 is 2.00 bits per heavy atom. The van der Waals surface area contributed by atoms with E-state index in [4.69, 9.17) is 10.5 Å². The highest BCUT2D eigenvalue weighted by Gasteiger charge is 2.03. The average molecular weight is 218 g/mol. The van der Waals surface area contributed by atoms with E-state index < -0.39 is 0 Å². The van der Waals surface area contributed by atoms with E-state index >= 15 is 0 Å². The summed E-state index contributed by atoms with van der Waals surface area (Å²) in [6.45, 7) is 0.209. The number of anilines is 1. The summed E-state index contributed by atoms with van der Waals surface area (Å²) in [5, 5.41) is 0. The van der Waals surface area contributed by atoms with Crippen molar-refractivity contribution in [2.24, 2.45) is 0 Å². The molecule has 0 aliphatic carbocycles. The van der Waals surface area contributed by atoms with E-state index in [9.17, 15) is 4.39 Å². The molecule has 0 fully saturated rings. The maximum absolute atomic E-state index is 13.2. The predicted molar refractivity (Wildman–Crippen MR) is 59.4 cm³/mol. The fraction of sp³-hybridized carbons (Fsp3) is 0.0833. The second-order valence-corrected chi connectivity index (χ2v) is 3.27. The maximum atomic E-state index is 13.2. The number of ether oxygens (including phenoxy) is 1. The van der Waals surface area contributed by atoms with Crippen molar-refractivity contribution in [2.45, 2.75) is 6.61 Å². The second-order valence-electron chi connectivity index (χ2n) is 3.27. The number of rotatable bonds is 3. The van der Waals surface area contributed by atoms with Gasteiger partial charge in [-0.1, -0.05) is 18.2 Å². The van der Waals surface area contributed by atoms with Gasteiger partial charge in [0.2, 0.25) is 0 Å². The molecular formula is C12H11FN2O. The van der Waals surface area contributed by atoms with Crippen molar-refractivity contribution in [2.75, 3.05) is 5.73 Å². The molecule has 2 N–H and O–H groups in total. The van der Waals surface area contributed by atoms with Gasteiger partial charge in [0, 0.05) is 11.8 Å². The summed E-state index contributed by atoms with van der Waals surface area (Å²) in [4.78, 5) is 3.92. The normalized spacial score (nSPS) is 10.1. The topological polar surface area (TPSA) is 48.1 Å². The average Bonchev–Trinajstić information content (AvgIpc) is 2.30. The Morgan fingerprint density at radius 1 is 1.19 bits per heavy atom. The minimum absolute atomic E-state index is 0.209. The first kappa shape index (κ1) is 10.4. The highest BCUT2D eigenvalue weighted by atomic mass is 19.1. The van der Waals surface area contributed by atoms with Crippen LogP contribution in [0, 0.1) is 5.82 Å². The van der Waals surface area contributed by atoms with Gasteiger partial charge >= 0.3 is 0 Å². The van der Waals surface area contributed by atoms with Crippen LogP contribution >= 0.6 is 0 Å². The molecule has 4 heteroatoms. The number of hydrogen-bond acceptors (Lipinski definition) is 3. The van der Waals surface area contributed by atoms with E-state index in [0.717, 1.165) is 5.56 Å². The van der Waals surface area contributed by atoms with Crippen LogP contribution in [-0.2, 0) is 6.61 Å². The van der Waals surface area contributed by atoms with Gasteiger partial charge in [-0.15, -0.1) is 0 Å². The monoisotopic (exact) mass is 218 g/mol. The lowest BCUT2D eigenvalue weighted by Crippen LogP contribution is -2.02. The lowest BCUT2D eigenvalue weighted by atomic mass is 10.3. The second kappa shape index (κ2) is 4.61. The van der Waals surface area contributed by atoms with E-state index in [1.807, 2.05) is 0 Å². The fourth-order valence-corrected chi connectivity index (χ4v) is 1.29. The molecule has 0 saturated heterocycles. The molecule has 1 aromatic carbocycles. The standard InChI is InChI=1S/C12H11FN2O/c13-10-5-1-2-6-11(10)16-8-9-4-3-7-15-12(9)14/h1-7H,8H2,(H2,14,15). The minimum atomic E-state index is -0.384. The number of nitrogen functional groups attached to an aromatic ring is 1. The SMILES string of the molecule is Nc1ncccc1COc1ccccc1F. The number of nitrogens with zero attached hydrogens (tertiary/aromatic N) is 1. The number of aromatic nitrogens is 1. The van der Waals surface area contributed by atoms with Crippen molar-refractivity contribution >= 4 is 5.82 Å². The largest absolute Gasteiger partial charge is 0.486 e. The Labute approximate surface area is 92.7 Å². The first-order valence-electron chi connectivity index (χ1n) is 4.84. The maximum Gasteiger partial charge on any atom is 0.165 e. The summed E-state index contributed by atoms with van der Waals surface area (Å²) in [7, 11) is 0. The number of para-hydroxylation sites is 1. The number of halogens is 1. The molecule has 0 radical (unpaired) electrons. The number of pyridine rings is 1. The third kappa shape index (κ3) is 2.28. The van der Waals surface area contributed by atoms with Crippen LogP contribution in [0.1, 0.15) is 5.56 Å². The zero-order chi connectivity index (χ0) is 11.4. The molecule has 0 atom stereocenters. The summed E-state index contributed by atoms with van der Waals surface area (Å²) < 4.78 is 18.5. The first-order valence-corrected chi connectivity index (χ1v) is 4.84. The van der Waals surface area contributed by atoms with Crippen molar-refractivity contribution < 1.29 is 9.13 Å². The van der Waals surface area contributed by atoms with Gasteiger partial charge < -0.3 is 10.5 Å². The molecule has 16 heavy (non-hydrogen) atoms.